The van der Waals surface area contributed by atoms with Crippen LogP contribution >= 0.6 is 15.9 Å². The molecule has 1 aromatic carbocycles. The Hall–Kier alpha value is -1.14. The molecule has 4 nitrogen and oxygen atoms in total. The Morgan fingerprint density at radius 1 is 1.50 bits per heavy atom. The van der Waals surface area contributed by atoms with Crippen LogP contribution in [0, 0.1) is 5.82 Å². The van der Waals surface area contributed by atoms with E-state index in [1.807, 2.05) is 0 Å². The number of aliphatic hydroxyl groups excluding tert-OH is 1. The molecule has 0 aliphatic rings. The smallest absolute Gasteiger partial charge is 0.337 e. The average molecular weight is 265 g/mol. The topological polar surface area (TPSA) is 77.8 Å². The molecule has 1 unspecified atom stereocenters. The lowest BCUT2D eigenvalue weighted by atomic mass is 10.1. The first-order valence-corrected chi connectivity index (χ1v) is 4.32. The van der Waals surface area contributed by atoms with Gasteiger partial charge in [0, 0.05) is 5.56 Å². The first-order valence-electron chi connectivity index (χ1n) is 3.53. The van der Waals surface area contributed by atoms with Crippen molar-refractivity contribution in [3.63, 3.8) is 0 Å². The summed E-state index contributed by atoms with van der Waals surface area (Å²) in [5, 5.41) is 26.7. The third-order valence-electron chi connectivity index (χ3n) is 1.63. The fraction of sp³-hybridized carbons (Fsp3) is 0.125. The number of halogens is 2. The largest absolute Gasteiger partial charge is 0.504 e. The van der Waals surface area contributed by atoms with E-state index in [1.54, 1.807) is 0 Å². The average Bonchev–Trinajstić information content (AvgIpc) is 2.13. The predicted octanol–water partition coefficient (Wildman–Crippen LogP) is 1.41. The summed E-state index contributed by atoms with van der Waals surface area (Å²) in [5.41, 5.74) is -0.101. The maximum atomic E-state index is 12.7. The van der Waals surface area contributed by atoms with Crippen molar-refractivity contribution in [1.29, 1.82) is 0 Å². The summed E-state index contributed by atoms with van der Waals surface area (Å²) in [4.78, 5) is 10.4. The quantitative estimate of drug-likeness (QED) is 0.755. The van der Waals surface area contributed by atoms with Crippen molar-refractivity contribution >= 4 is 21.9 Å². The fourth-order valence-electron chi connectivity index (χ4n) is 0.901. The van der Waals surface area contributed by atoms with Crippen LogP contribution < -0.4 is 0 Å². The zero-order valence-corrected chi connectivity index (χ0v) is 8.32. The molecular weight excluding hydrogens is 259 g/mol. The second-order valence-corrected chi connectivity index (χ2v) is 3.33. The summed E-state index contributed by atoms with van der Waals surface area (Å²) in [6.07, 6.45) is -1.80. The monoisotopic (exact) mass is 264 g/mol. The van der Waals surface area contributed by atoms with Crippen molar-refractivity contribution in [2.24, 2.45) is 0 Å². The number of hydrogen-bond acceptors (Lipinski definition) is 3. The second-order valence-electron chi connectivity index (χ2n) is 2.54. The third-order valence-corrected chi connectivity index (χ3v) is 2.46. The van der Waals surface area contributed by atoms with Crippen LogP contribution in [0.5, 0.6) is 5.75 Å². The number of hydrogen-bond donors (Lipinski definition) is 3. The zero-order chi connectivity index (χ0) is 10.9. The Morgan fingerprint density at radius 2 is 2.07 bits per heavy atom. The lowest BCUT2D eigenvalue weighted by Gasteiger charge is -2.09. The highest BCUT2D eigenvalue weighted by atomic mass is 79.9. The molecule has 0 bridgehead atoms. The standard InChI is InChI=1S/C8H6BrFO4/c9-5-3(6(11)8(13)14)1-2-4(10)7(5)12/h1-2,6,11-12H,(H,13,14). The first-order chi connectivity index (χ1) is 6.45. The minimum Gasteiger partial charge on any atom is -0.504 e. The molecule has 14 heavy (non-hydrogen) atoms. The fourth-order valence-corrected chi connectivity index (χ4v) is 1.44. The van der Waals surface area contributed by atoms with Gasteiger partial charge in [-0.2, -0.15) is 0 Å². The lowest BCUT2D eigenvalue weighted by Crippen LogP contribution is -2.11. The van der Waals surface area contributed by atoms with Crippen LogP contribution in [0.3, 0.4) is 0 Å². The highest BCUT2D eigenvalue weighted by molar-refractivity contribution is 9.10. The van der Waals surface area contributed by atoms with E-state index in [9.17, 15) is 9.18 Å². The van der Waals surface area contributed by atoms with Crippen LogP contribution in [0.1, 0.15) is 11.7 Å². The van der Waals surface area contributed by atoms with Gasteiger partial charge in [-0.3, -0.25) is 0 Å². The minimum absolute atomic E-state index is 0.101. The summed E-state index contributed by atoms with van der Waals surface area (Å²) < 4.78 is 12.6. The Morgan fingerprint density at radius 3 is 2.57 bits per heavy atom. The molecule has 0 aromatic heterocycles. The number of rotatable bonds is 2. The Labute approximate surface area is 86.7 Å². The highest BCUT2D eigenvalue weighted by Gasteiger charge is 2.21. The number of carboxylic acid groups (broad SMARTS) is 1. The molecule has 3 N–H and O–H groups in total. The summed E-state index contributed by atoms with van der Waals surface area (Å²) in [6.45, 7) is 0. The summed E-state index contributed by atoms with van der Waals surface area (Å²) >= 11 is 2.79. The van der Waals surface area contributed by atoms with Crippen molar-refractivity contribution in [2.45, 2.75) is 6.10 Å². The SMILES string of the molecule is O=C(O)C(O)c1ccc(F)c(O)c1Br. The molecule has 0 saturated carbocycles. The van der Waals surface area contributed by atoms with Crippen molar-refractivity contribution in [1.82, 2.24) is 0 Å². The van der Waals surface area contributed by atoms with Gasteiger partial charge in [-0.1, -0.05) is 6.07 Å². The summed E-state index contributed by atoms with van der Waals surface area (Å²) in [7, 11) is 0. The molecule has 0 heterocycles. The third kappa shape index (κ3) is 1.85. The predicted molar refractivity (Wildman–Crippen MR) is 48.4 cm³/mol. The van der Waals surface area contributed by atoms with E-state index in [2.05, 4.69) is 15.9 Å². The minimum atomic E-state index is -1.80. The number of carboxylic acids is 1. The highest BCUT2D eigenvalue weighted by Crippen LogP contribution is 2.33. The van der Waals surface area contributed by atoms with Gasteiger partial charge in [0.15, 0.2) is 17.7 Å². The normalized spacial score (nSPS) is 12.5. The van der Waals surface area contributed by atoms with E-state index < -0.39 is 23.6 Å². The van der Waals surface area contributed by atoms with Crippen LogP contribution in [0.25, 0.3) is 0 Å². The Kier molecular flexibility index (Phi) is 3.07. The number of carbonyl (C=O) groups is 1. The Balaban J connectivity index is 3.24. The van der Waals surface area contributed by atoms with Gasteiger partial charge >= 0.3 is 5.97 Å². The number of aromatic hydroxyl groups is 1. The molecule has 1 atom stereocenters. The van der Waals surface area contributed by atoms with Crippen LogP contribution in [-0.4, -0.2) is 21.3 Å². The van der Waals surface area contributed by atoms with Gasteiger partial charge in [-0.15, -0.1) is 0 Å². The van der Waals surface area contributed by atoms with E-state index in [1.165, 1.54) is 0 Å². The second kappa shape index (κ2) is 3.93. The maximum absolute atomic E-state index is 12.7. The lowest BCUT2D eigenvalue weighted by molar-refractivity contribution is -0.147. The molecule has 0 aliphatic heterocycles. The molecule has 0 saturated heterocycles. The van der Waals surface area contributed by atoms with Gasteiger partial charge < -0.3 is 15.3 Å². The molecular formula is C8H6BrFO4. The van der Waals surface area contributed by atoms with E-state index >= 15 is 0 Å². The van der Waals surface area contributed by atoms with Gasteiger partial charge in [-0.25, -0.2) is 9.18 Å². The van der Waals surface area contributed by atoms with E-state index in [0.717, 1.165) is 12.1 Å². The first kappa shape index (κ1) is 10.9. The van der Waals surface area contributed by atoms with Crippen molar-refractivity contribution < 1.29 is 24.5 Å². The van der Waals surface area contributed by atoms with E-state index in [-0.39, 0.29) is 10.0 Å². The number of phenolic OH excluding ortho intramolecular Hbond substituents is 1. The van der Waals surface area contributed by atoms with Gasteiger partial charge in [0.2, 0.25) is 0 Å². The van der Waals surface area contributed by atoms with Crippen molar-refractivity contribution in [3.05, 3.63) is 28.0 Å². The zero-order valence-electron chi connectivity index (χ0n) is 6.74. The molecule has 6 heteroatoms. The van der Waals surface area contributed by atoms with Gasteiger partial charge in [0.05, 0.1) is 4.47 Å². The van der Waals surface area contributed by atoms with Crippen LogP contribution in [0.2, 0.25) is 0 Å². The van der Waals surface area contributed by atoms with Crippen LogP contribution in [0.15, 0.2) is 16.6 Å². The van der Waals surface area contributed by atoms with Gasteiger partial charge in [0.25, 0.3) is 0 Å². The molecule has 0 radical (unpaired) electrons. The van der Waals surface area contributed by atoms with Gasteiger partial charge in [0.1, 0.15) is 0 Å². The molecule has 0 spiro atoms. The summed E-state index contributed by atoms with van der Waals surface area (Å²) in [6, 6.07) is 1.96. The number of benzene rings is 1. The van der Waals surface area contributed by atoms with Crippen LogP contribution in [-0.2, 0) is 4.79 Å². The van der Waals surface area contributed by atoms with E-state index in [0.29, 0.717) is 0 Å². The number of phenols is 1. The molecule has 1 rings (SSSR count). The summed E-state index contributed by atoms with van der Waals surface area (Å²) in [5.74, 6) is -3.09. The molecule has 0 fully saturated rings. The Bertz CT molecular complexity index is 380. The number of aliphatic carboxylic acids is 1. The molecule has 76 valence electrons. The maximum Gasteiger partial charge on any atom is 0.337 e. The molecule has 0 amide bonds. The number of aliphatic hydroxyl groups is 1. The van der Waals surface area contributed by atoms with Crippen molar-refractivity contribution in [3.8, 4) is 5.75 Å². The molecule has 0 aliphatic carbocycles. The van der Waals surface area contributed by atoms with Crippen LogP contribution in [0.4, 0.5) is 4.39 Å². The van der Waals surface area contributed by atoms with Gasteiger partial charge in [-0.05, 0) is 22.0 Å². The van der Waals surface area contributed by atoms with Crippen molar-refractivity contribution in [2.75, 3.05) is 0 Å². The molecule has 1 aromatic rings. The van der Waals surface area contributed by atoms with E-state index in [4.69, 9.17) is 15.3 Å².